The summed E-state index contributed by atoms with van der Waals surface area (Å²) in [4.78, 5) is 14.3. The lowest BCUT2D eigenvalue weighted by molar-refractivity contribution is -0.123. The van der Waals surface area contributed by atoms with Crippen LogP contribution < -0.4 is 10.2 Å². The fourth-order valence-electron chi connectivity index (χ4n) is 3.63. The second kappa shape index (κ2) is 6.98. The Bertz CT molecular complexity index is 886. The molecular formula is C20H21F3N2O2. The summed E-state index contributed by atoms with van der Waals surface area (Å²) in [5.74, 6) is -2.72. The highest BCUT2D eigenvalue weighted by Crippen LogP contribution is 2.47. The molecule has 0 fully saturated rings. The van der Waals surface area contributed by atoms with Crippen LogP contribution in [0.2, 0.25) is 0 Å². The van der Waals surface area contributed by atoms with Crippen molar-refractivity contribution in [1.82, 2.24) is 5.32 Å². The maximum atomic E-state index is 14.7. The van der Waals surface area contributed by atoms with E-state index in [9.17, 15) is 23.1 Å². The van der Waals surface area contributed by atoms with Crippen LogP contribution in [0.5, 0.6) is 0 Å². The average molecular weight is 378 g/mol. The number of rotatable bonds is 5. The van der Waals surface area contributed by atoms with Crippen LogP contribution in [-0.4, -0.2) is 30.7 Å². The molecule has 7 heteroatoms. The molecule has 2 atom stereocenters. The molecule has 1 aliphatic heterocycles. The van der Waals surface area contributed by atoms with Gasteiger partial charge in [-0.15, -0.1) is 0 Å². The van der Waals surface area contributed by atoms with Gasteiger partial charge in [-0.25, -0.2) is 13.2 Å². The molecule has 0 spiro atoms. The van der Waals surface area contributed by atoms with E-state index >= 15 is 0 Å². The van der Waals surface area contributed by atoms with E-state index in [0.717, 1.165) is 11.0 Å². The van der Waals surface area contributed by atoms with Gasteiger partial charge < -0.3 is 10.4 Å². The minimum Gasteiger partial charge on any atom is -0.389 e. The molecule has 1 amide bonds. The lowest BCUT2D eigenvalue weighted by Crippen LogP contribution is -2.45. The van der Waals surface area contributed by atoms with Gasteiger partial charge in [0.2, 0.25) is 5.91 Å². The Kier molecular flexibility index (Phi) is 5.01. The van der Waals surface area contributed by atoms with E-state index in [0.29, 0.717) is 11.6 Å². The number of nitrogens with zero attached hydrogens (tertiary/aromatic N) is 1. The van der Waals surface area contributed by atoms with Crippen molar-refractivity contribution in [3.05, 3.63) is 65.0 Å². The van der Waals surface area contributed by atoms with Crippen LogP contribution in [-0.2, 0) is 10.2 Å². The molecule has 27 heavy (non-hydrogen) atoms. The number of carbonyl (C=O) groups is 1. The normalized spacial score (nSPS) is 17.7. The number of likely N-dealkylation sites (N-methyl/N-ethyl adjacent to an activating group) is 1. The molecule has 2 N–H and O–H groups in total. The smallest absolute Gasteiger partial charge is 0.237 e. The van der Waals surface area contributed by atoms with Crippen molar-refractivity contribution in [2.45, 2.75) is 31.4 Å². The zero-order chi connectivity index (χ0) is 19.9. The minimum absolute atomic E-state index is 0.0868. The largest absolute Gasteiger partial charge is 0.389 e. The molecule has 0 aromatic heterocycles. The van der Waals surface area contributed by atoms with Gasteiger partial charge in [0, 0.05) is 12.6 Å². The van der Waals surface area contributed by atoms with Crippen molar-refractivity contribution in [2.24, 2.45) is 0 Å². The number of benzene rings is 2. The lowest BCUT2D eigenvalue weighted by atomic mass is 9.86. The molecule has 0 saturated carbocycles. The summed E-state index contributed by atoms with van der Waals surface area (Å²) in [7, 11) is 1.62. The first kappa shape index (κ1) is 19.4. The maximum Gasteiger partial charge on any atom is 0.237 e. The van der Waals surface area contributed by atoms with Gasteiger partial charge in [0.25, 0.3) is 0 Å². The minimum atomic E-state index is -1.19. The Hall–Kier alpha value is -2.38. The van der Waals surface area contributed by atoms with Gasteiger partial charge >= 0.3 is 0 Å². The topological polar surface area (TPSA) is 52.6 Å². The Balaban J connectivity index is 2.23. The first-order chi connectivity index (χ1) is 12.7. The summed E-state index contributed by atoms with van der Waals surface area (Å²) in [5.41, 5.74) is -0.763. The number of carbonyl (C=O) groups excluding carboxylic acids is 1. The van der Waals surface area contributed by atoms with E-state index in [4.69, 9.17) is 0 Å². The third-order valence-corrected chi connectivity index (χ3v) is 4.94. The van der Waals surface area contributed by atoms with Crippen molar-refractivity contribution >= 4 is 11.6 Å². The van der Waals surface area contributed by atoms with E-state index in [1.807, 2.05) is 0 Å². The molecule has 3 rings (SSSR count). The van der Waals surface area contributed by atoms with Crippen molar-refractivity contribution in [1.29, 1.82) is 0 Å². The molecule has 0 radical (unpaired) electrons. The quantitative estimate of drug-likeness (QED) is 0.841. The number of halogens is 3. The second-order valence-electron chi connectivity index (χ2n) is 7.21. The summed E-state index contributed by atoms with van der Waals surface area (Å²) in [6, 6.07) is 6.25. The molecule has 0 bridgehead atoms. The van der Waals surface area contributed by atoms with Crippen molar-refractivity contribution < 1.29 is 23.1 Å². The van der Waals surface area contributed by atoms with Gasteiger partial charge in [-0.3, -0.25) is 9.69 Å². The zero-order valence-corrected chi connectivity index (χ0v) is 15.3. The molecule has 2 aromatic carbocycles. The van der Waals surface area contributed by atoms with Crippen LogP contribution in [0, 0.1) is 17.5 Å². The molecule has 1 unspecified atom stereocenters. The van der Waals surface area contributed by atoms with Gasteiger partial charge in [0.05, 0.1) is 23.2 Å². The Morgan fingerprint density at radius 3 is 2.48 bits per heavy atom. The standard InChI is InChI=1S/C20H21F3N2O2/c1-20(2)14-8-13(22)9-15(23)18(14)25(19(20)27)17(16(26)10-24-3)11-5-4-6-12(21)7-11/h4-9,16-17,24,26H,10H2,1-3H3/t16?,17-/m0/s1. The maximum absolute atomic E-state index is 14.7. The van der Waals surface area contributed by atoms with Crippen molar-refractivity contribution in [3.8, 4) is 0 Å². The lowest BCUT2D eigenvalue weighted by Gasteiger charge is -2.34. The van der Waals surface area contributed by atoms with Crippen LogP contribution in [0.15, 0.2) is 36.4 Å². The van der Waals surface area contributed by atoms with Crippen LogP contribution in [0.3, 0.4) is 0 Å². The number of aliphatic hydroxyl groups is 1. The molecule has 4 nitrogen and oxygen atoms in total. The molecule has 0 aliphatic carbocycles. The first-order valence-corrected chi connectivity index (χ1v) is 8.59. The summed E-state index contributed by atoms with van der Waals surface area (Å²) in [6.45, 7) is 3.23. The fourth-order valence-corrected chi connectivity index (χ4v) is 3.63. The Morgan fingerprint density at radius 2 is 1.85 bits per heavy atom. The van der Waals surface area contributed by atoms with E-state index < -0.39 is 40.9 Å². The highest BCUT2D eigenvalue weighted by atomic mass is 19.1. The highest BCUT2D eigenvalue weighted by molar-refractivity contribution is 6.08. The molecular weight excluding hydrogens is 357 g/mol. The van der Waals surface area contributed by atoms with Crippen molar-refractivity contribution in [3.63, 3.8) is 0 Å². The van der Waals surface area contributed by atoms with Gasteiger partial charge in [-0.1, -0.05) is 12.1 Å². The fraction of sp³-hybridized carbons (Fsp3) is 0.350. The molecule has 1 aliphatic rings. The number of amides is 1. The monoisotopic (exact) mass is 378 g/mol. The number of fused-ring (bicyclic) bond motifs is 1. The molecule has 1 heterocycles. The van der Waals surface area contributed by atoms with Gasteiger partial charge in [0.1, 0.15) is 17.5 Å². The van der Waals surface area contributed by atoms with E-state index in [1.54, 1.807) is 27.0 Å². The summed E-state index contributed by atoms with van der Waals surface area (Å²) in [5, 5.41) is 13.5. The van der Waals surface area contributed by atoms with E-state index in [-0.39, 0.29) is 17.8 Å². The summed E-state index contributed by atoms with van der Waals surface area (Å²) >= 11 is 0. The van der Waals surface area contributed by atoms with Crippen LogP contribution in [0.1, 0.15) is 31.0 Å². The Morgan fingerprint density at radius 1 is 1.15 bits per heavy atom. The molecule has 2 aromatic rings. The SMILES string of the molecule is CNCC(O)[C@H](c1cccc(F)c1)N1C(=O)C(C)(C)c2cc(F)cc(F)c21. The number of hydrogen-bond acceptors (Lipinski definition) is 3. The van der Waals surface area contributed by atoms with Crippen LogP contribution >= 0.6 is 0 Å². The first-order valence-electron chi connectivity index (χ1n) is 8.59. The van der Waals surface area contributed by atoms with E-state index in [2.05, 4.69) is 5.32 Å². The molecule has 144 valence electrons. The third kappa shape index (κ3) is 3.21. The van der Waals surface area contributed by atoms with Crippen LogP contribution in [0.25, 0.3) is 0 Å². The average Bonchev–Trinajstić information content (AvgIpc) is 2.77. The number of hydrogen-bond donors (Lipinski definition) is 2. The van der Waals surface area contributed by atoms with E-state index in [1.165, 1.54) is 18.2 Å². The van der Waals surface area contributed by atoms with Crippen LogP contribution in [0.4, 0.5) is 18.9 Å². The third-order valence-electron chi connectivity index (χ3n) is 4.94. The summed E-state index contributed by atoms with van der Waals surface area (Å²) in [6.07, 6.45) is -1.15. The predicted molar refractivity (Wildman–Crippen MR) is 95.9 cm³/mol. The van der Waals surface area contributed by atoms with Crippen molar-refractivity contribution in [2.75, 3.05) is 18.5 Å². The zero-order valence-electron chi connectivity index (χ0n) is 15.3. The number of anilines is 1. The summed E-state index contributed by atoms with van der Waals surface area (Å²) < 4.78 is 42.3. The Labute approximate surface area is 155 Å². The van der Waals surface area contributed by atoms with Gasteiger partial charge in [-0.05, 0) is 50.2 Å². The van der Waals surface area contributed by atoms with Gasteiger partial charge in [-0.2, -0.15) is 0 Å². The predicted octanol–water partition coefficient (Wildman–Crippen LogP) is 3.05. The molecule has 0 saturated heterocycles. The highest BCUT2D eigenvalue weighted by Gasteiger charge is 2.50. The number of nitrogens with one attached hydrogen (secondary N) is 1. The van der Waals surface area contributed by atoms with Gasteiger partial charge in [0.15, 0.2) is 0 Å². The number of aliphatic hydroxyl groups excluding tert-OH is 1. The second-order valence-corrected chi connectivity index (χ2v) is 7.21.